The minimum atomic E-state index is -2.91. The van der Waals surface area contributed by atoms with E-state index >= 15 is 0 Å². The molecule has 0 aromatic carbocycles. The predicted molar refractivity (Wildman–Crippen MR) is 58.1 cm³/mol. The zero-order valence-electron chi connectivity index (χ0n) is 9.37. The van der Waals surface area contributed by atoms with E-state index in [2.05, 4.69) is 5.32 Å². The molecule has 0 radical (unpaired) electrons. The van der Waals surface area contributed by atoms with Gasteiger partial charge in [-0.3, -0.25) is 0 Å². The lowest BCUT2D eigenvalue weighted by Gasteiger charge is -2.19. The first-order chi connectivity index (χ1) is 6.10. The number of rotatable bonds is 6. The van der Waals surface area contributed by atoms with Gasteiger partial charge in [-0.15, -0.1) is 0 Å². The van der Waals surface area contributed by atoms with E-state index in [0.717, 1.165) is 0 Å². The van der Waals surface area contributed by atoms with E-state index in [4.69, 9.17) is 0 Å². The SMILES string of the molecule is CC(CS(C)(=O)=O)NCCC(C)(C)O. The van der Waals surface area contributed by atoms with Crippen molar-refractivity contribution in [2.24, 2.45) is 0 Å². The van der Waals surface area contributed by atoms with Gasteiger partial charge in [0.2, 0.25) is 0 Å². The number of sulfone groups is 1. The molecular weight excluding hydrogens is 202 g/mol. The monoisotopic (exact) mass is 223 g/mol. The minimum absolute atomic E-state index is 0.0626. The van der Waals surface area contributed by atoms with Gasteiger partial charge < -0.3 is 10.4 Å². The molecule has 0 saturated carbocycles. The lowest BCUT2D eigenvalue weighted by atomic mass is 10.1. The van der Waals surface area contributed by atoms with Crippen molar-refractivity contribution in [3.63, 3.8) is 0 Å². The molecule has 0 aromatic rings. The molecule has 1 atom stereocenters. The van der Waals surface area contributed by atoms with E-state index in [0.29, 0.717) is 13.0 Å². The molecule has 0 aliphatic carbocycles. The van der Waals surface area contributed by atoms with Gasteiger partial charge in [0, 0.05) is 12.3 Å². The van der Waals surface area contributed by atoms with Crippen molar-refractivity contribution in [2.75, 3.05) is 18.6 Å². The fraction of sp³-hybridized carbons (Fsp3) is 1.00. The van der Waals surface area contributed by atoms with Crippen molar-refractivity contribution in [3.8, 4) is 0 Å². The van der Waals surface area contributed by atoms with Crippen LogP contribution in [0.1, 0.15) is 27.2 Å². The van der Waals surface area contributed by atoms with Crippen LogP contribution in [0.5, 0.6) is 0 Å². The maximum atomic E-state index is 10.9. The summed E-state index contributed by atoms with van der Waals surface area (Å²) in [6.45, 7) is 5.91. The third-order valence-electron chi connectivity index (χ3n) is 1.78. The molecule has 0 aliphatic heterocycles. The number of hydrogen-bond donors (Lipinski definition) is 2. The predicted octanol–water partition coefficient (Wildman–Crippen LogP) is 0.170. The van der Waals surface area contributed by atoms with Crippen LogP contribution in [0.2, 0.25) is 0 Å². The van der Waals surface area contributed by atoms with Crippen molar-refractivity contribution >= 4 is 9.84 Å². The topological polar surface area (TPSA) is 66.4 Å². The second kappa shape index (κ2) is 5.09. The first-order valence-corrected chi connectivity index (χ1v) is 6.80. The molecule has 2 N–H and O–H groups in total. The molecule has 0 rings (SSSR count). The van der Waals surface area contributed by atoms with Gasteiger partial charge in [0.25, 0.3) is 0 Å². The van der Waals surface area contributed by atoms with Crippen LogP contribution in [0.3, 0.4) is 0 Å². The van der Waals surface area contributed by atoms with Gasteiger partial charge in [-0.1, -0.05) is 0 Å². The van der Waals surface area contributed by atoms with Crippen LogP contribution < -0.4 is 5.32 Å². The summed E-state index contributed by atoms with van der Waals surface area (Å²) in [6, 6.07) is -0.0626. The maximum Gasteiger partial charge on any atom is 0.148 e. The molecular formula is C9H21NO3S. The van der Waals surface area contributed by atoms with Crippen LogP contribution in [0, 0.1) is 0 Å². The molecule has 1 unspecified atom stereocenters. The largest absolute Gasteiger partial charge is 0.390 e. The lowest BCUT2D eigenvalue weighted by Crippen LogP contribution is -2.36. The van der Waals surface area contributed by atoms with Crippen LogP contribution in [0.4, 0.5) is 0 Å². The summed E-state index contributed by atoms with van der Waals surface area (Å²) in [6.07, 6.45) is 1.84. The van der Waals surface area contributed by atoms with Crippen molar-refractivity contribution in [2.45, 2.75) is 38.8 Å². The van der Waals surface area contributed by atoms with Crippen LogP contribution in [-0.2, 0) is 9.84 Å². The molecule has 0 aliphatic rings. The third-order valence-corrected chi connectivity index (χ3v) is 2.89. The number of hydrogen-bond acceptors (Lipinski definition) is 4. The Morgan fingerprint density at radius 1 is 1.43 bits per heavy atom. The molecule has 0 fully saturated rings. The standard InChI is InChI=1S/C9H21NO3S/c1-8(7-14(4,12)13)10-6-5-9(2,3)11/h8,10-11H,5-7H2,1-4H3. The summed E-state index contributed by atoms with van der Waals surface area (Å²) in [5.74, 6) is 0.138. The molecule has 0 amide bonds. The minimum Gasteiger partial charge on any atom is -0.390 e. The smallest absolute Gasteiger partial charge is 0.148 e. The van der Waals surface area contributed by atoms with E-state index in [1.54, 1.807) is 13.8 Å². The Hall–Kier alpha value is -0.130. The molecule has 86 valence electrons. The number of nitrogens with one attached hydrogen (secondary N) is 1. The average molecular weight is 223 g/mol. The highest BCUT2D eigenvalue weighted by molar-refractivity contribution is 7.90. The summed E-state index contributed by atoms with van der Waals surface area (Å²) in [5, 5.41) is 12.5. The maximum absolute atomic E-state index is 10.9. The summed E-state index contributed by atoms with van der Waals surface area (Å²) >= 11 is 0. The fourth-order valence-corrected chi connectivity index (χ4v) is 2.16. The summed E-state index contributed by atoms with van der Waals surface area (Å²) in [7, 11) is -2.91. The molecule has 0 heterocycles. The Morgan fingerprint density at radius 3 is 2.29 bits per heavy atom. The van der Waals surface area contributed by atoms with Gasteiger partial charge in [-0.05, 0) is 33.7 Å². The van der Waals surface area contributed by atoms with E-state index in [-0.39, 0.29) is 11.8 Å². The molecule has 0 aromatic heterocycles. The summed E-state index contributed by atoms with van der Waals surface area (Å²) < 4.78 is 21.8. The normalized spacial score (nSPS) is 15.5. The van der Waals surface area contributed by atoms with Crippen LogP contribution in [-0.4, -0.2) is 43.7 Å². The highest BCUT2D eigenvalue weighted by atomic mass is 32.2. The Kier molecular flexibility index (Phi) is 5.05. The highest BCUT2D eigenvalue weighted by Gasteiger charge is 2.14. The first kappa shape index (κ1) is 13.9. The molecule has 5 heteroatoms. The van der Waals surface area contributed by atoms with Gasteiger partial charge in [0.1, 0.15) is 9.84 Å². The second-order valence-corrected chi connectivity index (χ2v) is 6.69. The molecule has 0 bridgehead atoms. The van der Waals surface area contributed by atoms with Crippen molar-refractivity contribution in [3.05, 3.63) is 0 Å². The quantitative estimate of drug-likeness (QED) is 0.673. The first-order valence-electron chi connectivity index (χ1n) is 4.74. The second-order valence-electron chi connectivity index (χ2n) is 4.51. The fourth-order valence-electron chi connectivity index (χ4n) is 1.14. The van der Waals surface area contributed by atoms with E-state index in [1.165, 1.54) is 6.26 Å². The van der Waals surface area contributed by atoms with Gasteiger partial charge in [-0.25, -0.2) is 8.42 Å². The molecule has 0 spiro atoms. The van der Waals surface area contributed by atoms with E-state index in [9.17, 15) is 13.5 Å². The van der Waals surface area contributed by atoms with Gasteiger partial charge in [-0.2, -0.15) is 0 Å². The van der Waals surface area contributed by atoms with Crippen LogP contribution in [0.25, 0.3) is 0 Å². The van der Waals surface area contributed by atoms with E-state index < -0.39 is 15.4 Å². The molecule has 14 heavy (non-hydrogen) atoms. The zero-order valence-corrected chi connectivity index (χ0v) is 10.2. The Labute approximate surface area is 86.6 Å². The lowest BCUT2D eigenvalue weighted by molar-refractivity contribution is 0.0707. The Morgan fingerprint density at radius 2 is 1.93 bits per heavy atom. The Bertz CT molecular complexity index is 254. The summed E-state index contributed by atoms with van der Waals surface area (Å²) in [5.41, 5.74) is -0.697. The van der Waals surface area contributed by atoms with Gasteiger partial charge >= 0.3 is 0 Å². The third kappa shape index (κ3) is 9.95. The van der Waals surface area contributed by atoms with Gasteiger partial charge in [0.15, 0.2) is 0 Å². The van der Waals surface area contributed by atoms with Crippen molar-refractivity contribution in [1.82, 2.24) is 5.32 Å². The molecule has 0 saturated heterocycles. The van der Waals surface area contributed by atoms with Crippen molar-refractivity contribution in [1.29, 1.82) is 0 Å². The summed E-state index contributed by atoms with van der Waals surface area (Å²) in [4.78, 5) is 0. The number of aliphatic hydroxyl groups is 1. The zero-order chi connectivity index (χ0) is 11.4. The van der Waals surface area contributed by atoms with Crippen molar-refractivity contribution < 1.29 is 13.5 Å². The highest BCUT2D eigenvalue weighted by Crippen LogP contribution is 2.05. The van der Waals surface area contributed by atoms with Gasteiger partial charge in [0.05, 0.1) is 11.4 Å². The molecule has 4 nitrogen and oxygen atoms in total. The van der Waals surface area contributed by atoms with E-state index in [1.807, 2.05) is 6.92 Å². The average Bonchev–Trinajstić information content (AvgIpc) is 1.78. The van der Waals surface area contributed by atoms with Crippen LogP contribution >= 0.6 is 0 Å². The van der Waals surface area contributed by atoms with Crippen LogP contribution in [0.15, 0.2) is 0 Å². The Balaban J connectivity index is 3.71.